The van der Waals surface area contributed by atoms with Crippen LogP contribution in [-0.4, -0.2) is 0 Å². The topological polar surface area (TPSA) is 0 Å². The summed E-state index contributed by atoms with van der Waals surface area (Å²) in [5.74, 6) is -6.59. The third kappa shape index (κ3) is 1.21. The zero-order valence-electron chi connectivity index (χ0n) is 9.44. The van der Waals surface area contributed by atoms with Gasteiger partial charge in [0.15, 0.2) is 23.3 Å². The lowest BCUT2D eigenvalue weighted by Gasteiger charge is -2.16. The van der Waals surface area contributed by atoms with Gasteiger partial charge in [0.1, 0.15) is 0 Å². The maximum Gasteiger partial charge on any atom is 0.197 e. The monoisotopic (exact) mass is 254 g/mol. The van der Waals surface area contributed by atoms with E-state index in [9.17, 15) is 17.6 Å². The number of hydrogen-bond donors (Lipinski definition) is 0. The molecule has 3 rings (SSSR count). The van der Waals surface area contributed by atoms with Crippen molar-refractivity contribution < 1.29 is 17.6 Å². The van der Waals surface area contributed by atoms with Gasteiger partial charge in [-0.3, -0.25) is 0 Å². The molecule has 0 aliphatic heterocycles. The van der Waals surface area contributed by atoms with Crippen molar-refractivity contribution in [2.75, 3.05) is 0 Å². The number of allylic oxidation sites excluding steroid dienone is 3. The average Bonchev–Trinajstić information content (AvgIpc) is 2.89. The number of fused-ring (bicyclic) bond motifs is 5. The number of rotatable bonds is 1. The minimum atomic E-state index is -1.71. The second-order valence-electron chi connectivity index (χ2n) is 4.67. The van der Waals surface area contributed by atoms with Gasteiger partial charge in [-0.25, -0.2) is 17.6 Å². The molecule has 0 spiro atoms. The Bertz CT molecular complexity index is 541. The van der Waals surface area contributed by atoms with Gasteiger partial charge in [0.25, 0.3) is 0 Å². The number of hydrogen-bond acceptors (Lipinski definition) is 0. The van der Waals surface area contributed by atoms with Crippen LogP contribution < -0.4 is 0 Å². The van der Waals surface area contributed by atoms with Gasteiger partial charge in [-0.05, 0) is 12.8 Å². The highest BCUT2D eigenvalue weighted by Gasteiger charge is 2.46. The van der Waals surface area contributed by atoms with Crippen molar-refractivity contribution in [3.05, 3.63) is 58.7 Å². The summed E-state index contributed by atoms with van der Waals surface area (Å²) >= 11 is 0. The van der Waals surface area contributed by atoms with Crippen LogP contribution in [0.5, 0.6) is 0 Å². The van der Waals surface area contributed by atoms with Crippen molar-refractivity contribution in [2.45, 2.75) is 24.7 Å². The van der Waals surface area contributed by atoms with Crippen LogP contribution in [0.2, 0.25) is 0 Å². The molecule has 18 heavy (non-hydrogen) atoms. The zero-order chi connectivity index (χ0) is 13.0. The van der Waals surface area contributed by atoms with E-state index in [0.29, 0.717) is 12.8 Å². The van der Waals surface area contributed by atoms with Crippen LogP contribution in [0.4, 0.5) is 17.6 Å². The Labute approximate surface area is 102 Å². The summed E-state index contributed by atoms with van der Waals surface area (Å²) < 4.78 is 54.1. The van der Waals surface area contributed by atoms with Gasteiger partial charge in [-0.1, -0.05) is 24.3 Å². The minimum Gasteiger partial charge on any atom is -0.203 e. The van der Waals surface area contributed by atoms with Crippen LogP contribution in [-0.2, 0) is 0 Å². The molecule has 2 unspecified atom stereocenters. The molecule has 0 amide bonds. The molecule has 0 radical (unpaired) electrons. The van der Waals surface area contributed by atoms with E-state index in [1.54, 1.807) is 6.08 Å². The zero-order valence-corrected chi connectivity index (χ0v) is 9.44. The van der Waals surface area contributed by atoms with Crippen molar-refractivity contribution in [1.29, 1.82) is 0 Å². The molecule has 1 aromatic carbocycles. The van der Waals surface area contributed by atoms with Gasteiger partial charge < -0.3 is 0 Å². The summed E-state index contributed by atoms with van der Waals surface area (Å²) in [6.45, 7) is 3.55. The van der Waals surface area contributed by atoms with Crippen LogP contribution in [0, 0.1) is 23.3 Å². The van der Waals surface area contributed by atoms with Gasteiger partial charge in [0, 0.05) is 23.0 Å². The van der Waals surface area contributed by atoms with Gasteiger partial charge in [-0.2, -0.15) is 0 Å². The molecule has 94 valence electrons. The van der Waals surface area contributed by atoms with Gasteiger partial charge in [-0.15, -0.1) is 0 Å². The van der Waals surface area contributed by atoms with Crippen molar-refractivity contribution in [3.8, 4) is 0 Å². The Kier molecular flexibility index (Phi) is 2.37. The maximum atomic E-state index is 13.8. The van der Waals surface area contributed by atoms with Gasteiger partial charge >= 0.3 is 0 Å². The average molecular weight is 254 g/mol. The summed E-state index contributed by atoms with van der Waals surface area (Å²) in [6.07, 6.45) is 4.50. The number of benzene rings is 1. The molecule has 0 saturated heterocycles. The molecule has 4 heteroatoms. The van der Waals surface area contributed by atoms with Crippen molar-refractivity contribution in [2.24, 2.45) is 0 Å². The van der Waals surface area contributed by atoms with E-state index in [1.165, 1.54) is 6.08 Å². The highest BCUT2D eigenvalue weighted by atomic mass is 19.2. The third-order valence-corrected chi connectivity index (χ3v) is 3.90. The molecule has 2 aliphatic rings. The summed E-state index contributed by atoms with van der Waals surface area (Å²) in [5.41, 5.74) is 0.800. The highest BCUT2D eigenvalue weighted by molar-refractivity contribution is 5.55. The van der Waals surface area contributed by atoms with Crippen LogP contribution in [0.15, 0.2) is 24.3 Å². The molecular formula is C14H10F4. The number of halogens is 4. The minimum absolute atomic E-state index is 0.00394. The molecule has 1 saturated carbocycles. The Morgan fingerprint density at radius 2 is 1.28 bits per heavy atom. The molecule has 0 N–H and O–H groups in total. The molecule has 1 fully saturated rings. The van der Waals surface area contributed by atoms with Crippen LogP contribution in [0.25, 0.3) is 0 Å². The van der Waals surface area contributed by atoms with Crippen LogP contribution >= 0.6 is 0 Å². The van der Waals surface area contributed by atoms with Crippen molar-refractivity contribution in [1.82, 2.24) is 0 Å². The molecule has 1 aromatic rings. The second-order valence-corrected chi connectivity index (χ2v) is 4.67. The fourth-order valence-electron chi connectivity index (χ4n) is 3.25. The molecular weight excluding hydrogens is 244 g/mol. The molecule has 2 atom stereocenters. The summed E-state index contributed by atoms with van der Waals surface area (Å²) in [6, 6.07) is 0. The molecule has 0 heterocycles. The van der Waals surface area contributed by atoms with Crippen LogP contribution in [0.3, 0.4) is 0 Å². The standard InChI is InChI=1S/C14H10F4/c1-2-3-6-7-4-5-8(6)10-9(7)11(15)13(17)14(18)12(10)16/h2-3,7-8H,1,4-5H2. The first-order chi connectivity index (χ1) is 8.57. The fraction of sp³-hybridized carbons (Fsp3) is 0.286. The Morgan fingerprint density at radius 3 is 1.67 bits per heavy atom. The van der Waals surface area contributed by atoms with Gasteiger partial charge in [0.2, 0.25) is 0 Å². The largest absolute Gasteiger partial charge is 0.203 e. The summed E-state index contributed by atoms with van der Waals surface area (Å²) in [7, 11) is 0. The predicted octanol–water partition coefficient (Wildman–Crippen LogP) is 4.33. The lowest BCUT2D eigenvalue weighted by molar-refractivity contribution is 0.394. The second kappa shape index (κ2) is 3.70. The van der Waals surface area contributed by atoms with E-state index in [-0.39, 0.29) is 23.0 Å². The van der Waals surface area contributed by atoms with E-state index in [1.807, 2.05) is 0 Å². The molecule has 0 nitrogen and oxygen atoms in total. The predicted molar refractivity (Wildman–Crippen MR) is 59.3 cm³/mol. The first-order valence-corrected chi connectivity index (χ1v) is 5.76. The van der Waals surface area contributed by atoms with Crippen molar-refractivity contribution in [3.63, 3.8) is 0 Å². The Morgan fingerprint density at radius 1 is 0.833 bits per heavy atom. The van der Waals surface area contributed by atoms with E-state index in [4.69, 9.17) is 0 Å². The lowest BCUT2D eigenvalue weighted by atomic mass is 9.90. The van der Waals surface area contributed by atoms with Gasteiger partial charge in [0.05, 0.1) is 0 Å². The van der Waals surface area contributed by atoms with E-state index in [2.05, 4.69) is 6.58 Å². The quantitative estimate of drug-likeness (QED) is 0.397. The Balaban J connectivity index is 2.32. The van der Waals surface area contributed by atoms with E-state index >= 15 is 0 Å². The maximum absolute atomic E-state index is 13.8. The lowest BCUT2D eigenvalue weighted by Crippen LogP contribution is -2.09. The molecule has 0 aromatic heterocycles. The Hall–Kier alpha value is -1.58. The SMILES string of the molecule is C=CC=C1C2CCC1c1c(F)c(F)c(F)c(F)c12. The normalized spacial score (nSPS) is 24.3. The molecule has 2 bridgehead atoms. The summed E-state index contributed by atoms with van der Waals surface area (Å²) in [4.78, 5) is 0. The molecule has 2 aliphatic carbocycles. The third-order valence-electron chi connectivity index (χ3n) is 3.90. The van der Waals surface area contributed by atoms with Crippen molar-refractivity contribution >= 4 is 0 Å². The smallest absolute Gasteiger partial charge is 0.197 e. The van der Waals surface area contributed by atoms with Crippen LogP contribution in [0.1, 0.15) is 35.8 Å². The highest BCUT2D eigenvalue weighted by Crippen LogP contribution is 2.58. The first kappa shape index (κ1) is 11.5. The fourth-order valence-corrected chi connectivity index (χ4v) is 3.25. The summed E-state index contributed by atoms with van der Waals surface area (Å²) in [5, 5.41) is 0. The van der Waals surface area contributed by atoms with E-state index in [0.717, 1.165) is 5.57 Å². The van der Waals surface area contributed by atoms with E-state index < -0.39 is 23.3 Å². The first-order valence-electron chi connectivity index (χ1n) is 5.76.